The Bertz CT molecular complexity index is 581. The Morgan fingerprint density at radius 2 is 2.08 bits per heavy atom. The van der Waals surface area contributed by atoms with Crippen LogP contribution in [-0.4, -0.2) is 45.9 Å². The normalized spacial score (nSPS) is 19.0. The topological polar surface area (TPSA) is 74.5 Å². The zero-order valence-corrected chi connectivity index (χ0v) is 14.6. The minimum absolute atomic E-state index is 0.176. The van der Waals surface area contributed by atoms with Gasteiger partial charge in [-0.3, -0.25) is 4.99 Å². The second-order valence-corrected chi connectivity index (χ2v) is 6.36. The van der Waals surface area contributed by atoms with E-state index in [1.165, 1.54) is 24.0 Å². The van der Waals surface area contributed by atoms with Crippen LogP contribution in [0.15, 0.2) is 17.4 Å². The van der Waals surface area contributed by atoms with Crippen LogP contribution in [0.2, 0.25) is 0 Å². The van der Waals surface area contributed by atoms with Crippen LogP contribution in [0.1, 0.15) is 44.9 Å². The van der Waals surface area contributed by atoms with E-state index in [1.54, 1.807) is 0 Å². The fourth-order valence-corrected chi connectivity index (χ4v) is 3.06. The molecule has 0 aliphatic heterocycles. The van der Waals surface area contributed by atoms with Crippen LogP contribution in [0.3, 0.4) is 0 Å². The molecule has 25 heavy (non-hydrogen) atoms. The van der Waals surface area contributed by atoms with Crippen molar-refractivity contribution in [2.75, 3.05) is 13.1 Å². The number of guanidine groups is 1. The number of aliphatic hydroxyl groups is 1. The molecule has 1 aromatic rings. The molecular formula is C16H26F3N5O. The Hall–Kier alpha value is -1.77. The van der Waals surface area contributed by atoms with Crippen molar-refractivity contribution in [1.29, 1.82) is 0 Å². The van der Waals surface area contributed by atoms with Crippen LogP contribution in [-0.2, 0) is 12.6 Å². The third-order valence-electron chi connectivity index (χ3n) is 4.44. The number of nitrogens with zero attached hydrogens (tertiary/aromatic N) is 3. The van der Waals surface area contributed by atoms with Crippen molar-refractivity contribution in [2.24, 2.45) is 12.0 Å². The van der Waals surface area contributed by atoms with Gasteiger partial charge in [-0.25, -0.2) is 4.98 Å². The number of aromatic nitrogens is 2. The summed E-state index contributed by atoms with van der Waals surface area (Å²) in [5.41, 5.74) is -3.03. The van der Waals surface area contributed by atoms with Gasteiger partial charge in [0, 0.05) is 45.0 Å². The van der Waals surface area contributed by atoms with Gasteiger partial charge in [-0.05, 0) is 19.8 Å². The molecule has 0 radical (unpaired) electrons. The van der Waals surface area contributed by atoms with Gasteiger partial charge in [0.15, 0.2) is 5.96 Å². The van der Waals surface area contributed by atoms with Crippen LogP contribution in [0.25, 0.3) is 0 Å². The van der Waals surface area contributed by atoms with Crippen molar-refractivity contribution in [3.05, 3.63) is 18.2 Å². The number of nitrogens with one attached hydrogen (secondary N) is 2. The fraction of sp³-hybridized carbons (Fsp3) is 0.750. The third kappa shape index (κ3) is 4.65. The first kappa shape index (κ1) is 19.6. The summed E-state index contributed by atoms with van der Waals surface area (Å²) in [6, 6.07) is 0.300. The van der Waals surface area contributed by atoms with Crippen LogP contribution >= 0.6 is 0 Å². The van der Waals surface area contributed by atoms with Crippen molar-refractivity contribution >= 4 is 5.96 Å². The van der Waals surface area contributed by atoms with E-state index in [4.69, 9.17) is 0 Å². The van der Waals surface area contributed by atoms with Crippen LogP contribution in [0.5, 0.6) is 0 Å². The summed E-state index contributed by atoms with van der Waals surface area (Å²) < 4.78 is 41.6. The molecule has 0 bridgehead atoms. The van der Waals surface area contributed by atoms with Gasteiger partial charge in [-0.1, -0.05) is 12.8 Å². The highest BCUT2D eigenvalue weighted by atomic mass is 19.4. The molecule has 6 nitrogen and oxygen atoms in total. The molecule has 1 saturated carbocycles. The average molecular weight is 361 g/mol. The summed E-state index contributed by atoms with van der Waals surface area (Å²) in [7, 11) is 1.42. The maximum atomic E-state index is 13.5. The smallest absolute Gasteiger partial charge is 0.374 e. The number of alkyl halides is 3. The van der Waals surface area contributed by atoms with E-state index >= 15 is 0 Å². The minimum atomic E-state index is -4.83. The molecule has 1 aromatic heterocycles. The monoisotopic (exact) mass is 361 g/mol. The summed E-state index contributed by atoms with van der Waals surface area (Å²) >= 11 is 0. The fourth-order valence-electron chi connectivity index (χ4n) is 3.06. The summed E-state index contributed by atoms with van der Waals surface area (Å²) in [6.45, 7) is 2.33. The molecule has 1 heterocycles. The molecule has 0 spiro atoms. The summed E-state index contributed by atoms with van der Waals surface area (Å²) in [4.78, 5) is 7.90. The summed E-state index contributed by atoms with van der Waals surface area (Å²) in [5.74, 6) is 0.0581. The van der Waals surface area contributed by atoms with Gasteiger partial charge < -0.3 is 20.3 Å². The van der Waals surface area contributed by atoms with Gasteiger partial charge in [0.25, 0.3) is 0 Å². The highest BCUT2D eigenvalue weighted by Crippen LogP contribution is 2.40. The predicted molar refractivity (Wildman–Crippen MR) is 89.1 cm³/mol. The lowest BCUT2D eigenvalue weighted by Gasteiger charge is -2.29. The van der Waals surface area contributed by atoms with Gasteiger partial charge >= 0.3 is 6.18 Å². The van der Waals surface area contributed by atoms with Gasteiger partial charge in [-0.15, -0.1) is 0 Å². The van der Waals surface area contributed by atoms with Crippen LogP contribution in [0.4, 0.5) is 13.2 Å². The molecule has 0 aromatic carbocycles. The number of hydrogen-bond donors (Lipinski definition) is 3. The van der Waals surface area contributed by atoms with Gasteiger partial charge in [0.1, 0.15) is 5.82 Å². The number of hydrogen-bond acceptors (Lipinski definition) is 3. The second-order valence-electron chi connectivity index (χ2n) is 6.36. The number of halogens is 3. The molecule has 9 heteroatoms. The molecule has 1 aliphatic rings. The predicted octanol–water partition coefficient (Wildman–Crippen LogP) is 2.06. The second kappa shape index (κ2) is 8.07. The lowest BCUT2D eigenvalue weighted by atomic mass is 9.98. The van der Waals surface area contributed by atoms with Gasteiger partial charge in [0.05, 0.1) is 0 Å². The Labute approximate surface area is 145 Å². The number of rotatable bonds is 6. The van der Waals surface area contributed by atoms with Crippen molar-refractivity contribution in [3.63, 3.8) is 0 Å². The third-order valence-corrected chi connectivity index (χ3v) is 4.44. The molecule has 142 valence electrons. The maximum absolute atomic E-state index is 13.5. The maximum Gasteiger partial charge on any atom is 0.424 e. The molecule has 1 atom stereocenters. The molecule has 1 aliphatic carbocycles. The van der Waals surface area contributed by atoms with Crippen molar-refractivity contribution in [2.45, 2.75) is 56.8 Å². The van der Waals surface area contributed by atoms with Crippen molar-refractivity contribution < 1.29 is 18.3 Å². The first-order chi connectivity index (χ1) is 11.8. The molecule has 0 saturated heterocycles. The van der Waals surface area contributed by atoms with E-state index in [-0.39, 0.29) is 6.54 Å². The number of aryl methyl sites for hydroxylation is 1. The van der Waals surface area contributed by atoms with E-state index < -0.39 is 24.0 Å². The zero-order chi connectivity index (χ0) is 18.5. The zero-order valence-electron chi connectivity index (χ0n) is 14.6. The van der Waals surface area contributed by atoms with E-state index in [0.717, 1.165) is 25.7 Å². The summed E-state index contributed by atoms with van der Waals surface area (Å²) in [6.07, 6.45) is 1.53. The van der Waals surface area contributed by atoms with Gasteiger partial charge in [-0.2, -0.15) is 13.2 Å². The molecule has 0 amide bonds. The summed E-state index contributed by atoms with van der Waals surface area (Å²) in [5, 5.41) is 16.6. The lowest BCUT2D eigenvalue weighted by molar-refractivity contribution is -0.272. The number of imidazole rings is 1. The Morgan fingerprint density at radius 1 is 1.40 bits per heavy atom. The van der Waals surface area contributed by atoms with E-state index in [9.17, 15) is 18.3 Å². The molecule has 1 unspecified atom stereocenters. The van der Waals surface area contributed by atoms with E-state index in [0.29, 0.717) is 18.5 Å². The molecular weight excluding hydrogens is 335 g/mol. The Balaban J connectivity index is 2.09. The van der Waals surface area contributed by atoms with Crippen molar-refractivity contribution in [1.82, 2.24) is 20.2 Å². The average Bonchev–Trinajstić information content (AvgIpc) is 3.17. The SMILES string of the molecule is CCNC(=NCCC(O)(c1nccn1C)C(F)(F)F)NC1CCCC1. The van der Waals surface area contributed by atoms with Crippen LogP contribution in [0, 0.1) is 0 Å². The highest BCUT2D eigenvalue weighted by molar-refractivity contribution is 5.80. The van der Waals surface area contributed by atoms with Crippen molar-refractivity contribution in [3.8, 4) is 0 Å². The molecule has 3 N–H and O–H groups in total. The van der Waals surface area contributed by atoms with E-state index in [2.05, 4.69) is 20.6 Å². The van der Waals surface area contributed by atoms with Gasteiger partial charge in [0.2, 0.25) is 5.60 Å². The standard InChI is InChI=1S/C16H26F3N5O/c1-3-20-14(23-12-6-4-5-7-12)22-9-8-15(25,16(17,18)19)13-21-10-11-24(13)2/h10-12,25H,3-9H2,1-2H3,(H2,20,22,23). The van der Waals surface area contributed by atoms with Crippen LogP contribution < -0.4 is 10.6 Å². The molecule has 2 rings (SSSR count). The molecule has 1 fully saturated rings. The Kier molecular flexibility index (Phi) is 6.31. The highest BCUT2D eigenvalue weighted by Gasteiger charge is 2.57. The Morgan fingerprint density at radius 3 is 2.60 bits per heavy atom. The van der Waals surface area contributed by atoms with E-state index in [1.807, 2.05) is 6.92 Å². The first-order valence-corrected chi connectivity index (χ1v) is 8.59. The number of aliphatic imine (C=N–C) groups is 1. The quantitative estimate of drug-likeness (QED) is 0.536. The lowest BCUT2D eigenvalue weighted by Crippen LogP contribution is -2.46. The largest absolute Gasteiger partial charge is 0.424 e. The minimum Gasteiger partial charge on any atom is -0.374 e. The first-order valence-electron chi connectivity index (χ1n) is 8.59.